The van der Waals surface area contributed by atoms with E-state index in [2.05, 4.69) is 10.0 Å². The van der Waals surface area contributed by atoms with Gasteiger partial charge in [-0.25, -0.2) is 13.1 Å². The van der Waals surface area contributed by atoms with Gasteiger partial charge in [-0.1, -0.05) is 25.1 Å². The van der Waals surface area contributed by atoms with Gasteiger partial charge in [0.2, 0.25) is 10.0 Å². The first-order chi connectivity index (χ1) is 13.7. The number of hydrogen-bond acceptors (Lipinski definition) is 5. The predicted octanol–water partition coefficient (Wildman–Crippen LogP) is 3.49. The van der Waals surface area contributed by atoms with Gasteiger partial charge in [-0.15, -0.1) is 0 Å². The van der Waals surface area contributed by atoms with E-state index >= 15 is 0 Å². The molecule has 0 fully saturated rings. The number of carbonyl (C=O) groups is 1. The van der Waals surface area contributed by atoms with Gasteiger partial charge in [0.15, 0.2) is 6.10 Å². The molecule has 1 atom stereocenters. The van der Waals surface area contributed by atoms with Crippen LogP contribution in [0.1, 0.15) is 32.8 Å². The van der Waals surface area contributed by atoms with Gasteiger partial charge in [0.1, 0.15) is 11.5 Å². The molecule has 0 aliphatic carbocycles. The second kappa shape index (κ2) is 9.76. The number of ether oxygens (including phenoxy) is 2. The maximum Gasteiger partial charge on any atom is 0.265 e. The Bertz CT molecular complexity index is 957. The third kappa shape index (κ3) is 5.95. The van der Waals surface area contributed by atoms with Gasteiger partial charge in [0.05, 0.1) is 17.7 Å². The molecule has 2 rings (SSSR count). The van der Waals surface area contributed by atoms with Gasteiger partial charge in [-0.05, 0) is 57.0 Å². The standard InChI is InChI=1S/C21H28N2O5S/c1-6-18(28-19-10-8-7-9-15(19)4)21(24)22-17-13-16(11-12-20(17)27-5)29(25,26)23-14(2)3/h7-14,18,23H,6H2,1-5H3,(H,22,24)/t18-/m1/s1. The van der Waals surface area contributed by atoms with Crippen LogP contribution in [0.15, 0.2) is 47.4 Å². The number of nitrogens with one attached hydrogen (secondary N) is 2. The molecule has 0 spiro atoms. The average Bonchev–Trinajstić information content (AvgIpc) is 2.66. The van der Waals surface area contributed by atoms with Gasteiger partial charge < -0.3 is 14.8 Å². The molecule has 0 saturated carbocycles. The van der Waals surface area contributed by atoms with E-state index in [4.69, 9.17) is 9.47 Å². The SMILES string of the molecule is CC[C@@H](Oc1ccccc1C)C(=O)Nc1cc(S(=O)(=O)NC(C)C)ccc1OC. The first kappa shape index (κ1) is 22.7. The number of carbonyl (C=O) groups excluding carboxylic acids is 1. The molecule has 0 aliphatic rings. The fourth-order valence-electron chi connectivity index (χ4n) is 2.71. The van der Waals surface area contributed by atoms with Crippen LogP contribution in [0.3, 0.4) is 0 Å². The van der Waals surface area contributed by atoms with Crippen molar-refractivity contribution < 1.29 is 22.7 Å². The maximum absolute atomic E-state index is 12.8. The zero-order valence-electron chi connectivity index (χ0n) is 17.4. The van der Waals surface area contributed by atoms with E-state index in [0.29, 0.717) is 17.9 Å². The topological polar surface area (TPSA) is 93.7 Å². The molecule has 0 aromatic heterocycles. The van der Waals surface area contributed by atoms with E-state index in [1.807, 2.05) is 32.0 Å². The highest BCUT2D eigenvalue weighted by Crippen LogP contribution is 2.28. The lowest BCUT2D eigenvalue weighted by Gasteiger charge is -2.20. The van der Waals surface area contributed by atoms with Crippen LogP contribution in [-0.4, -0.2) is 33.6 Å². The summed E-state index contributed by atoms with van der Waals surface area (Å²) in [6, 6.07) is 11.5. The summed E-state index contributed by atoms with van der Waals surface area (Å²) in [6.07, 6.45) is -0.301. The zero-order chi connectivity index (χ0) is 21.6. The molecular weight excluding hydrogens is 392 g/mol. The minimum Gasteiger partial charge on any atom is -0.495 e. The average molecular weight is 421 g/mol. The second-order valence-corrected chi connectivity index (χ2v) is 8.62. The Balaban J connectivity index is 2.27. The Morgan fingerprint density at radius 1 is 1.10 bits per heavy atom. The summed E-state index contributed by atoms with van der Waals surface area (Å²) in [4.78, 5) is 12.8. The van der Waals surface area contributed by atoms with Crippen molar-refractivity contribution in [1.29, 1.82) is 0 Å². The highest BCUT2D eigenvalue weighted by atomic mass is 32.2. The molecule has 2 aromatic rings. The molecule has 0 radical (unpaired) electrons. The molecule has 1 amide bonds. The lowest BCUT2D eigenvalue weighted by Crippen LogP contribution is -2.33. The minimum absolute atomic E-state index is 0.0372. The van der Waals surface area contributed by atoms with Crippen molar-refractivity contribution in [3.8, 4) is 11.5 Å². The van der Waals surface area contributed by atoms with E-state index in [-0.39, 0.29) is 22.5 Å². The van der Waals surface area contributed by atoms with Gasteiger partial charge >= 0.3 is 0 Å². The highest BCUT2D eigenvalue weighted by molar-refractivity contribution is 7.89. The summed E-state index contributed by atoms with van der Waals surface area (Å²) in [6.45, 7) is 7.21. The number of sulfonamides is 1. The van der Waals surface area contributed by atoms with Gasteiger partial charge in [0, 0.05) is 6.04 Å². The van der Waals surface area contributed by atoms with Crippen LogP contribution in [0, 0.1) is 6.92 Å². The number of hydrogen-bond donors (Lipinski definition) is 2. The molecule has 158 valence electrons. The van der Waals surface area contributed by atoms with Crippen molar-refractivity contribution in [2.75, 3.05) is 12.4 Å². The fourth-order valence-corrected chi connectivity index (χ4v) is 3.98. The number of para-hydroxylation sites is 1. The molecule has 0 aliphatic heterocycles. The first-order valence-corrected chi connectivity index (χ1v) is 10.9. The Labute approximate surface area is 172 Å². The molecule has 2 aromatic carbocycles. The van der Waals surface area contributed by atoms with E-state index in [0.717, 1.165) is 5.56 Å². The number of anilines is 1. The molecule has 0 unspecified atom stereocenters. The van der Waals surface area contributed by atoms with Crippen LogP contribution in [0.5, 0.6) is 11.5 Å². The normalized spacial score (nSPS) is 12.5. The lowest BCUT2D eigenvalue weighted by molar-refractivity contribution is -0.122. The summed E-state index contributed by atoms with van der Waals surface area (Å²) in [5, 5.41) is 2.74. The molecule has 0 bridgehead atoms. The van der Waals surface area contributed by atoms with Crippen LogP contribution >= 0.6 is 0 Å². The number of rotatable bonds is 9. The lowest BCUT2D eigenvalue weighted by atomic mass is 10.2. The largest absolute Gasteiger partial charge is 0.495 e. The van der Waals surface area contributed by atoms with Gasteiger partial charge in [-0.3, -0.25) is 4.79 Å². The van der Waals surface area contributed by atoms with Crippen LogP contribution in [0.25, 0.3) is 0 Å². The van der Waals surface area contributed by atoms with Crippen molar-refractivity contribution in [2.24, 2.45) is 0 Å². The predicted molar refractivity (Wildman–Crippen MR) is 113 cm³/mol. The van der Waals surface area contributed by atoms with Crippen molar-refractivity contribution in [3.63, 3.8) is 0 Å². The third-order valence-electron chi connectivity index (χ3n) is 4.16. The Kier molecular flexibility index (Phi) is 7.64. The van der Waals surface area contributed by atoms with Crippen LogP contribution in [-0.2, 0) is 14.8 Å². The first-order valence-electron chi connectivity index (χ1n) is 9.41. The highest BCUT2D eigenvalue weighted by Gasteiger charge is 2.23. The Morgan fingerprint density at radius 3 is 2.38 bits per heavy atom. The van der Waals surface area contributed by atoms with Crippen LogP contribution in [0.2, 0.25) is 0 Å². The van der Waals surface area contributed by atoms with E-state index < -0.39 is 16.1 Å². The van der Waals surface area contributed by atoms with E-state index in [1.54, 1.807) is 19.9 Å². The van der Waals surface area contributed by atoms with Crippen LogP contribution in [0.4, 0.5) is 5.69 Å². The summed E-state index contributed by atoms with van der Waals surface area (Å²) < 4.78 is 38.6. The summed E-state index contributed by atoms with van der Waals surface area (Å²) in [5.41, 5.74) is 1.18. The second-order valence-electron chi connectivity index (χ2n) is 6.91. The monoisotopic (exact) mass is 420 g/mol. The number of aryl methyl sites for hydroxylation is 1. The van der Waals surface area contributed by atoms with Gasteiger partial charge in [0.25, 0.3) is 5.91 Å². The smallest absolute Gasteiger partial charge is 0.265 e. The molecule has 2 N–H and O–H groups in total. The van der Waals surface area contributed by atoms with Crippen molar-refractivity contribution >= 4 is 21.6 Å². The molecule has 0 heterocycles. The Morgan fingerprint density at radius 2 is 1.79 bits per heavy atom. The van der Waals surface area contributed by atoms with Crippen molar-refractivity contribution in [2.45, 2.75) is 51.2 Å². The van der Waals surface area contributed by atoms with Crippen molar-refractivity contribution in [1.82, 2.24) is 4.72 Å². The number of methoxy groups -OCH3 is 1. The van der Waals surface area contributed by atoms with E-state index in [1.165, 1.54) is 25.3 Å². The number of benzene rings is 2. The summed E-state index contributed by atoms with van der Waals surface area (Å²) in [5.74, 6) is 0.590. The maximum atomic E-state index is 12.8. The molecule has 29 heavy (non-hydrogen) atoms. The van der Waals surface area contributed by atoms with Gasteiger partial charge in [-0.2, -0.15) is 0 Å². The molecular formula is C21H28N2O5S. The quantitative estimate of drug-likeness (QED) is 0.648. The van der Waals surface area contributed by atoms with Crippen molar-refractivity contribution in [3.05, 3.63) is 48.0 Å². The summed E-state index contributed by atoms with van der Waals surface area (Å²) >= 11 is 0. The third-order valence-corrected chi connectivity index (χ3v) is 5.81. The Hall–Kier alpha value is -2.58. The fraction of sp³-hybridized carbons (Fsp3) is 0.381. The van der Waals surface area contributed by atoms with Crippen LogP contribution < -0.4 is 19.5 Å². The zero-order valence-corrected chi connectivity index (χ0v) is 18.2. The van der Waals surface area contributed by atoms with E-state index in [9.17, 15) is 13.2 Å². The number of amides is 1. The molecule has 7 nitrogen and oxygen atoms in total. The summed E-state index contributed by atoms with van der Waals surface area (Å²) in [7, 11) is -2.26. The molecule has 8 heteroatoms. The minimum atomic E-state index is -3.71. The molecule has 0 saturated heterocycles.